The summed E-state index contributed by atoms with van der Waals surface area (Å²) < 4.78 is 5.01. The van der Waals surface area contributed by atoms with Crippen LogP contribution in [0.2, 0.25) is 0 Å². The molecule has 0 aliphatic heterocycles. The average Bonchev–Trinajstić information content (AvgIpc) is 2.49. The van der Waals surface area contributed by atoms with Crippen LogP contribution in [0.3, 0.4) is 0 Å². The predicted octanol–water partition coefficient (Wildman–Crippen LogP) is 1.32. The molecule has 1 amide bonds. The fraction of sp³-hybridized carbons (Fsp3) is 0.111. The Labute approximate surface area is 75.4 Å². The van der Waals surface area contributed by atoms with Crippen molar-refractivity contribution in [2.24, 2.45) is 5.73 Å². The van der Waals surface area contributed by atoms with Crippen molar-refractivity contribution in [3.05, 3.63) is 30.7 Å². The molecule has 0 spiro atoms. The Morgan fingerprint density at radius 1 is 1.46 bits per heavy atom. The molecule has 1 aromatic carbocycles. The van der Waals surface area contributed by atoms with E-state index in [2.05, 4.69) is 10.7 Å². The highest BCUT2D eigenvalue weighted by Gasteiger charge is 1.91. The number of primary amides is 1. The Balaban J connectivity index is 0.000000184. The van der Waals surface area contributed by atoms with Crippen LogP contribution in [0, 0.1) is 0 Å². The number of hydrogen-bond acceptors (Lipinski definition) is 3. The number of para-hydroxylation sites is 2. The lowest BCUT2D eigenvalue weighted by atomic mass is 10.3. The molecule has 4 nitrogen and oxygen atoms in total. The molecule has 0 aliphatic rings. The van der Waals surface area contributed by atoms with E-state index >= 15 is 0 Å². The molecule has 2 N–H and O–H groups in total. The maximum atomic E-state index is 9.22. The molecule has 2 aromatic rings. The van der Waals surface area contributed by atoms with E-state index in [1.165, 1.54) is 13.3 Å². The monoisotopic (exact) mass is 178 g/mol. The molecule has 0 aliphatic carbocycles. The number of carbonyl (C=O) groups is 1. The first kappa shape index (κ1) is 9.25. The summed E-state index contributed by atoms with van der Waals surface area (Å²) in [5, 5.41) is 0. The van der Waals surface area contributed by atoms with Crippen molar-refractivity contribution in [2.75, 3.05) is 0 Å². The fourth-order valence-electron chi connectivity index (χ4n) is 0.803. The Kier molecular flexibility index (Phi) is 3.03. The zero-order valence-electron chi connectivity index (χ0n) is 7.23. The normalized spacial score (nSPS) is 9.00. The van der Waals surface area contributed by atoms with Crippen LogP contribution in [0.1, 0.15) is 6.92 Å². The number of hydrogen-bond donors (Lipinski definition) is 1. The van der Waals surface area contributed by atoms with Crippen LogP contribution in [0.5, 0.6) is 0 Å². The quantitative estimate of drug-likeness (QED) is 0.661. The first-order valence-corrected chi connectivity index (χ1v) is 3.74. The first-order valence-electron chi connectivity index (χ1n) is 3.74. The van der Waals surface area contributed by atoms with Gasteiger partial charge in [-0.2, -0.15) is 0 Å². The van der Waals surface area contributed by atoms with Crippen LogP contribution in [-0.2, 0) is 4.79 Å². The van der Waals surface area contributed by atoms with Crippen molar-refractivity contribution in [2.45, 2.75) is 6.92 Å². The van der Waals surface area contributed by atoms with Gasteiger partial charge in [0.05, 0.1) is 0 Å². The number of benzene rings is 1. The first-order chi connectivity index (χ1) is 6.20. The summed E-state index contributed by atoms with van der Waals surface area (Å²) >= 11 is 0. The van der Waals surface area contributed by atoms with Crippen molar-refractivity contribution in [3.63, 3.8) is 0 Å². The van der Waals surface area contributed by atoms with Gasteiger partial charge in [-0.05, 0) is 12.1 Å². The second-order valence-electron chi connectivity index (χ2n) is 2.43. The van der Waals surface area contributed by atoms with Gasteiger partial charge in [0.15, 0.2) is 12.0 Å². The minimum absolute atomic E-state index is 0.333. The van der Waals surface area contributed by atoms with E-state index in [1.807, 2.05) is 24.3 Å². The smallest absolute Gasteiger partial charge is 0.214 e. The number of carbonyl (C=O) groups excluding carboxylic acids is 1. The number of aromatic nitrogens is 1. The Morgan fingerprint density at radius 2 is 2.08 bits per heavy atom. The summed E-state index contributed by atoms with van der Waals surface area (Å²) in [6.45, 7) is 1.31. The van der Waals surface area contributed by atoms with Gasteiger partial charge in [0.25, 0.3) is 0 Å². The van der Waals surface area contributed by atoms with Crippen LogP contribution in [0.25, 0.3) is 11.1 Å². The van der Waals surface area contributed by atoms with E-state index in [-0.39, 0.29) is 5.91 Å². The van der Waals surface area contributed by atoms with E-state index in [0.29, 0.717) is 0 Å². The standard InChI is InChI=1S/C7H5NO.C2H5NO/c1-2-4-7-6(3-1)8-5-9-7;1-2(3)4/h1-5H;1H3,(H2,3,4). The molecule has 0 saturated carbocycles. The summed E-state index contributed by atoms with van der Waals surface area (Å²) in [4.78, 5) is 13.2. The average molecular weight is 178 g/mol. The van der Waals surface area contributed by atoms with Gasteiger partial charge in [0, 0.05) is 6.92 Å². The summed E-state index contributed by atoms with van der Waals surface area (Å²) in [6.07, 6.45) is 1.45. The molecule has 4 heteroatoms. The molecule has 2 rings (SSSR count). The summed E-state index contributed by atoms with van der Waals surface area (Å²) in [6, 6.07) is 7.67. The highest BCUT2D eigenvalue weighted by molar-refractivity contribution is 5.71. The highest BCUT2D eigenvalue weighted by atomic mass is 16.3. The lowest BCUT2D eigenvalue weighted by molar-refractivity contribution is -0.115. The third-order valence-corrected chi connectivity index (χ3v) is 1.24. The minimum Gasteiger partial charge on any atom is -0.443 e. The topological polar surface area (TPSA) is 69.1 Å². The van der Waals surface area contributed by atoms with Crippen molar-refractivity contribution in [1.82, 2.24) is 4.98 Å². The van der Waals surface area contributed by atoms with Gasteiger partial charge in [-0.3, -0.25) is 4.79 Å². The van der Waals surface area contributed by atoms with E-state index in [0.717, 1.165) is 11.1 Å². The molecule has 0 fully saturated rings. The maximum Gasteiger partial charge on any atom is 0.214 e. The Hall–Kier alpha value is -1.84. The Bertz CT molecular complexity index is 361. The van der Waals surface area contributed by atoms with Gasteiger partial charge in [-0.1, -0.05) is 12.1 Å². The minimum atomic E-state index is -0.333. The van der Waals surface area contributed by atoms with Crippen LogP contribution >= 0.6 is 0 Å². The second-order valence-corrected chi connectivity index (χ2v) is 2.43. The summed E-state index contributed by atoms with van der Waals surface area (Å²) in [5.74, 6) is -0.333. The molecule has 0 saturated heterocycles. The van der Waals surface area contributed by atoms with Crippen molar-refractivity contribution in [1.29, 1.82) is 0 Å². The number of oxazole rings is 1. The van der Waals surface area contributed by atoms with E-state index in [9.17, 15) is 4.79 Å². The van der Waals surface area contributed by atoms with Crippen LogP contribution in [0.15, 0.2) is 35.1 Å². The molecule has 0 unspecified atom stereocenters. The number of nitrogens with zero attached hydrogens (tertiary/aromatic N) is 1. The van der Waals surface area contributed by atoms with Gasteiger partial charge in [0.1, 0.15) is 5.52 Å². The predicted molar refractivity (Wildman–Crippen MR) is 48.9 cm³/mol. The van der Waals surface area contributed by atoms with Crippen molar-refractivity contribution >= 4 is 17.0 Å². The second kappa shape index (κ2) is 4.25. The highest BCUT2D eigenvalue weighted by Crippen LogP contribution is 2.09. The van der Waals surface area contributed by atoms with Crippen molar-refractivity contribution < 1.29 is 9.21 Å². The van der Waals surface area contributed by atoms with Crippen LogP contribution in [-0.4, -0.2) is 10.9 Å². The van der Waals surface area contributed by atoms with Gasteiger partial charge >= 0.3 is 0 Å². The maximum absolute atomic E-state index is 9.22. The molecule has 1 aromatic heterocycles. The third-order valence-electron chi connectivity index (χ3n) is 1.24. The molecule has 13 heavy (non-hydrogen) atoms. The van der Waals surface area contributed by atoms with Crippen LogP contribution in [0.4, 0.5) is 0 Å². The SMILES string of the molecule is CC(N)=O.c1ccc2ocnc2c1. The number of nitrogens with two attached hydrogens (primary N) is 1. The van der Waals surface area contributed by atoms with Gasteiger partial charge in [-0.15, -0.1) is 0 Å². The molecule has 68 valence electrons. The number of amides is 1. The molecule has 0 bridgehead atoms. The zero-order chi connectivity index (χ0) is 9.68. The third kappa shape index (κ3) is 2.94. The van der Waals surface area contributed by atoms with Gasteiger partial charge < -0.3 is 10.2 Å². The number of rotatable bonds is 0. The number of fused-ring (bicyclic) bond motifs is 1. The van der Waals surface area contributed by atoms with E-state index in [1.54, 1.807) is 0 Å². The molecule has 1 heterocycles. The molecule has 0 atom stereocenters. The fourth-order valence-corrected chi connectivity index (χ4v) is 0.803. The van der Waals surface area contributed by atoms with E-state index in [4.69, 9.17) is 4.42 Å². The lowest BCUT2D eigenvalue weighted by Crippen LogP contribution is -2.01. The molecular weight excluding hydrogens is 168 g/mol. The van der Waals surface area contributed by atoms with Gasteiger partial charge in [0.2, 0.25) is 5.91 Å². The van der Waals surface area contributed by atoms with Gasteiger partial charge in [-0.25, -0.2) is 4.98 Å². The Morgan fingerprint density at radius 3 is 2.69 bits per heavy atom. The van der Waals surface area contributed by atoms with Crippen LogP contribution < -0.4 is 5.73 Å². The summed E-state index contributed by atoms with van der Waals surface area (Å²) in [7, 11) is 0. The molecule has 0 radical (unpaired) electrons. The zero-order valence-corrected chi connectivity index (χ0v) is 7.23. The van der Waals surface area contributed by atoms with E-state index < -0.39 is 0 Å². The molecular formula is C9H10N2O2. The summed E-state index contributed by atoms with van der Waals surface area (Å²) in [5.41, 5.74) is 6.23. The van der Waals surface area contributed by atoms with Crippen molar-refractivity contribution in [3.8, 4) is 0 Å². The largest absolute Gasteiger partial charge is 0.443 e. The lowest BCUT2D eigenvalue weighted by Gasteiger charge is -1.79.